The van der Waals surface area contributed by atoms with Gasteiger partial charge in [-0.1, -0.05) is 24.3 Å². The van der Waals surface area contributed by atoms with Gasteiger partial charge in [0, 0.05) is 13.0 Å². The molecule has 3 atom stereocenters. The van der Waals surface area contributed by atoms with E-state index in [1.807, 2.05) is 24.3 Å². The maximum absolute atomic E-state index is 10.1. The summed E-state index contributed by atoms with van der Waals surface area (Å²) in [6.07, 6.45) is 0.249. The zero-order valence-corrected chi connectivity index (χ0v) is 10.4. The van der Waals surface area contributed by atoms with Crippen molar-refractivity contribution in [1.29, 1.82) is 5.26 Å². The van der Waals surface area contributed by atoms with E-state index in [1.165, 1.54) is 0 Å². The van der Waals surface area contributed by atoms with Crippen LogP contribution in [-0.4, -0.2) is 19.0 Å². The van der Waals surface area contributed by atoms with Gasteiger partial charge in [-0.15, -0.1) is 0 Å². The molecule has 0 aliphatic heterocycles. The highest BCUT2D eigenvalue weighted by Crippen LogP contribution is 2.46. The van der Waals surface area contributed by atoms with Crippen LogP contribution in [0.4, 0.5) is 0 Å². The van der Waals surface area contributed by atoms with Crippen LogP contribution in [0.1, 0.15) is 23.7 Å². The van der Waals surface area contributed by atoms with Crippen LogP contribution in [0.15, 0.2) is 24.3 Å². The van der Waals surface area contributed by atoms with Gasteiger partial charge >= 0.3 is 0 Å². The van der Waals surface area contributed by atoms with Crippen molar-refractivity contribution in [2.24, 2.45) is 11.8 Å². The van der Waals surface area contributed by atoms with Gasteiger partial charge in [0.1, 0.15) is 6.79 Å². The Balaban J connectivity index is 1.97. The van der Waals surface area contributed by atoms with Crippen LogP contribution < -0.4 is 0 Å². The first-order valence-corrected chi connectivity index (χ1v) is 5.99. The number of nitriles is 1. The number of methoxy groups -OCH3 is 1. The Morgan fingerprint density at radius 2 is 2.39 bits per heavy atom. The molecule has 96 valence electrons. The number of ether oxygens (including phenoxy) is 2. The van der Waals surface area contributed by atoms with E-state index in [0.29, 0.717) is 6.61 Å². The van der Waals surface area contributed by atoms with Gasteiger partial charge in [-0.2, -0.15) is 5.26 Å². The van der Waals surface area contributed by atoms with Crippen molar-refractivity contribution < 1.29 is 14.6 Å². The summed E-state index contributed by atoms with van der Waals surface area (Å²) >= 11 is 0. The lowest BCUT2D eigenvalue weighted by atomic mass is 10.0. The topological polar surface area (TPSA) is 62.5 Å². The van der Waals surface area contributed by atoms with Crippen LogP contribution in [0.3, 0.4) is 0 Å². The maximum Gasteiger partial charge on any atom is 0.146 e. The Hall–Kier alpha value is -1.41. The van der Waals surface area contributed by atoms with Crippen LogP contribution >= 0.6 is 0 Å². The molecule has 4 heteroatoms. The molecule has 1 aromatic carbocycles. The van der Waals surface area contributed by atoms with Crippen molar-refractivity contribution in [2.45, 2.75) is 19.1 Å². The molecule has 18 heavy (non-hydrogen) atoms. The SMILES string of the molecule is COCOCc1cccc(C(O)C2CC2C#N)c1. The van der Waals surface area contributed by atoms with E-state index in [4.69, 9.17) is 14.7 Å². The second kappa shape index (κ2) is 5.96. The number of nitrogens with zero attached hydrogens (tertiary/aromatic N) is 1. The van der Waals surface area contributed by atoms with E-state index >= 15 is 0 Å². The van der Waals surface area contributed by atoms with E-state index in [-0.39, 0.29) is 18.6 Å². The number of aliphatic hydroxyl groups excluding tert-OH is 1. The lowest BCUT2D eigenvalue weighted by Gasteiger charge is -2.11. The number of rotatable bonds is 6. The Morgan fingerprint density at radius 3 is 3.06 bits per heavy atom. The van der Waals surface area contributed by atoms with Crippen LogP contribution in [-0.2, 0) is 16.1 Å². The van der Waals surface area contributed by atoms with E-state index in [9.17, 15) is 5.11 Å². The molecular formula is C14H17NO3. The molecule has 4 nitrogen and oxygen atoms in total. The molecule has 0 aromatic heterocycles. The number of hydrogen-bond donors (Lipinski definition) is 1. The molecule has 1 N–H and O–H groups in total. The fourth-order valence-electron chi connectivity index (χ4n) is 2.07. The lowest BCUT2D eigenvalue weighted by molar-refractivity contribution is -0.0391. The predicted molar refractivity (Wildman–Crippen MR) is 65.3 cm³/mol. The zero-order valence-electron chi connectivity index (χ0n) is 10.4. The first kappa shape index (κ1) is 13.0. The second-order valence-electron chi connectivity index (χ2n) is 4.58. The Bertz CT molecular complexity index is 441. The average molecular weight is 247 g/mol. The van der Waals surface area contributed by atoms with Gasteiger partial charge in [0.25, 0.3) is 0 Å². The summed E-state index contributed by atoms with van der Waals surface area (Å²) in [5, 5.41) is 18.9. The third-order valence-electron chi connectivity index (χ3n) is 3.17. The van der Waals surface area contributed by atoms with Crippen LogP contribution in [0.25, 0.3) is 0 Å². The first-order valence-electron chi connectivity index (χ1n) is 5.99. The highest BCUT2D eigenvalue weighted by Gasteiger charge is 2.43. The van der Waals surface area contributed by atoms with E-state index in [2.05, 4.69) is 6.07 Å². The molecule has 0 radical (unpaired) electrons. The summed E-state index contributed by atoms with van der Waals surface area (Å²) in [6.45, 7) is 0.715. The van der Waals surface area contributed by atoms with Gasteiger partial charge in [0.2, 0.25) is 0 Å². The molecule has 0 spiro atoms. The number of hydrogen-bond acceptors (Lipinski definition) is 4. The van der Waals surface area contributed by atoms with Crippen molar-refractivity contribution >= 4 is 0 Å². The minimum Gasteiger partial charge on any atom is -0.388 e. The molecule has 0 amide bonds. The molecule has 1 aliphatic carbocycles. The number of aliphatic hydroxyl groups is 1. The summed E-state index contributed by atoms with van der Waals surface area (Å²) in [5.41, 5.74) is 1.86. The predicted octanol–water partition coefficient (Wildman–Crippen LogP) is 2.00. The molecular weight excluding hydrogens is 230 g/mol. The molecule has 1 saturated carbocycles. The van der Waals surface area contributed by atoms with Crippen molar-refractivity contribution in [3.63, 3.8) is 0 Å². The van der Waals surface area contributed by atoms with Crippen LogP contribution in [0, 0.1) is 23.2 Å². The molecule has 2 rings (SSSR count). The quantitative estimate of drug-likeness (QED) is 0.617. The van der Waals surface area contributed by atoms with Gasteiger partial charge in [0.15, 0.2) is 0 Å². The molecule has 0 saturated heterocycles. The van der Waals surface area contributed by atoms with E-state index < -0.39 is 6.10 Å². The fraction of sp³-hybridized carbons (Fsp3) is 0.500. The van der Waals surface area contributed by atoms with Crippen LogP contribution in [0.5, 0.6) is 0 Å². The lowest BCUT2D eigenvalue weighted by Crippen LogP contribution is -2.03. The van der Waals surface area contributed by atoms with Gasteiger partial charge in [-0.05, 0) is 17.5 Å². The standard InChI is InChI=1S/C14H17NO3/c1-17-9-18-8-10-3-2-4-11(5-10)14(16)13-6-12(13)7-15/h2-5,12-14,16H,6,8-9H2,1H3. The van der Waals surface area contributed by atoms with Crippen molar-refractivity contribution in [3.05, 3.63) is 35.4 Å². The highest BCUT2D eigenvalue weighted by molar-refractivity contribution is 5.27. The minimum absolute atomic E-state index is 0.00778. The Kier molecular flexibility index (Phi) is 4.32. The van der Waals surface area contributed by atoms with E-state index in [1.54, 1.807) is 7.11 Å². The number of benzene rings is 1. The normalized spacial score (nSPS) is 23.4. The van der Waals surface area contributed by atoms with Gasteiger partial charge in [0.05, 0.1) is 24.7 Å². The smallest absolute Gasteiger partial charge is 0.146 e. The van der Waals surface area contributed by atoms with Crippen molar-refractivity contribution in [2.75, 3.05) is 13.9 Å². The molecule has 1 aromatic rings. The molecule has 1 fully saturated rings. The second-order valence-corrected chi connectivity index (χ2v) is 4.58. The third-order valence-corrected chi connectivity index (χ3v) is 3.17. The average Bonchev–Trinajstić information content (AvgIpc) is 3.18. The summed E-state index contributed by atoms with van der Waals surface area (Å²) in [5.74, 6) is 0.0959. The summed E-state index contributed by atoms with van der Waals surface area (Å²) in [6, 6.07) is 9.85. The third kappa shape index (κ3) is 3.08. The summed E-state index contributed by atoms with van der Waals surface area (Å²) < 4.78 is 10.1. The zero-order chi connectivity index (χ0) is 13.0. The largest absolute Gasteiger partial charge is 0.388 e. The summed E-state index contributed by atoms with van der Waals surface area (Å²) in [4.78, 5) is 0. The van der Waals surface area contributed by atoms with Crippen molar-refractivity contribution in [3.8, 4) is 6.07 Å². The molecule has 1 aliphatic rings. The van der Waals surface area contributed by atoms with Gasteiger partial charge < -0.3 is 14.6 Å². The van der Waals surface area contributed by atoms with Gasteiger partial charge in [-0.3, -0.25) is 0 Å². The van der Waals surface area contributed by atoms with Crippen LogP contribution in [0.2, 0.25) is 0 Å². The summed E-state index contributed by atoms with van der Waals surface area (Å²) in [7, 11) is 1.58. The monoisotopic (exact) mass is 247 g/mol. The first-order chi connectivity index (χ1) is 8.76. The maximum atomic E-state index is 10.1. The molecule has 0 bridgehead atoms. The minimum atomic E-state index is -0.544. The molecule has 3 unspecified atom stereocenters. The van der Waals surface area contributed by atoms with Gasteiger partial charge in [-0.25, -0.2) is 0 Å². The molecule has 0 heterocycles. The highest BCUT2D eigenvalue weighted by atomic mass is 16.7. The fourth-order valence-corrected chi connectivity index (χ4v) is 2.07. The van der Waals surface area contributed by atoms with E-state index in [0.717, 1.165) is 17.5 Å². The van der Waals surface area contributed by atoms with Crippen molar-refractivity contribution in [1.82, 2.24) is 0 Å². The Morgan fingerprint density at radius 1 is 1.56 bits per heavy atom. The Labute approximate surface area is 107 Å².